The van der Waals surface area contributed by atoms with E-state index in [0.29, 0.717) is 10.2 Å². The van der Waals surface area contributed by atoms with Gasteiger partial charge in [-0.05, 0) is 31.6 Å². The molecule has 2 aromatic rings. The molecule has 20 heavy (non-hydrogen) atoms. The summed E-state index contributed by atoms with van der Waals surface area (Å²) in [5.41, 5.74) is 1.77. The van der Waals surface area contributed by atoms with Gasteiger partial charge in [-0.15, -0.1) is 11.3 Å². The predicted octanol–water partition coefficient (Wildman–Crippen LogP) is 4.21. The molecule has 6 heteroatoms. The summed E-state index contributed by atoms with van der Waals surface area (Å²) in [5.74, 6) is 0. The van der Waals surface area contributed by atoms with E-state index < -0.39 is 0 Å². The van der Waals surface area contributed by atoms with Gasteiger partial charge in [-0.2, -0.15) is 0 Å². The molecule has 0 bridgehead atoms. The molecule has 0 saturated carbocycles. The van der Waals surface area contributed by atoms with Gasteiger partial charge in [0, 0.05) is 16.1 Å². The van der Waals surface area contributed by atoms with E-state index in [1.165, 1.54) is 11.3 Å². The Bertz CT molecular complexity index is 632. The van der Waals surface area contributed by atoms with Crippen molar-refractivity contribution >= 4 is 40.2 Å². The van der Waals surface area contributed by atoms with Crippen LogP contribution >= 0.6 is 22.9 Å². The lowest BCUT2D eigenvalue weighted by atomic mass is 10.2. The second-order valence-corrected chi connectivity index (χ2v) is 5.72. The molecule has 0 fully saturated rings. The minimum Gasteiger partial charge on any atom is -0.314 e. The molecular formula is C14H14ClN3OS. The second kappa shape index (κ2) is 6.54. The van der Waals surface area contributed by atoms with Gasteiger partial charge in [0.25, 0.3) is 0 Å². The molecule has 2 rings (SSSR count). The number of urea groups is 1. The van der Waals surface area contributed by atoms with Crippen molar-refractivity contribution in [3.8, 4) is 0 Å². The number of hydrogen-bond donors (Lipinski definition) is 2. The minimum atomic E-state index is -0.331. The van der Waals surface area contributed by atoms with Crippen molar-refractivity contribution in [1.82, 2.24) is 10.3 Å². The third-order valence-electron chi connectivity index (χ3n) is 2.63. The molecule has 0 aliphatic rings. The third-order valence-corrected chi connectivity index (χ3v) is 3.96. The van der Waals surface area contributed by atoms with Crippen LogP contribution in [0.4, 0.5) is 9.93 Å². The van der Waals surface area contributed by atoms with Gasteiger partial charge >= 0.3 is 6.03 Å². The number of benzene rings is 1. The monoisotopic (exact) mass is 307 g/mol. The van der Waals surface area contributed by atoms with Crippen LogP contribution in [0.2, 0.25) is 5.02 Å². The number of nitrogens with zero attached hydrogens (tertiary/aromatic N) is 1. The summed E-state index contributed by atoms with van der Waals surface area (Å²) in [5, 5.41) is 6.51. The first-order valence-corrected chi connectivity index (χ1v) is 7.18. The lowest BCUT2D eigenvalue weighted by Crippen LogP contribution is -2.23. The summed E-state index contributed by atoms with van der Waals surface area (Å²) in [6, 6.07) is 7.07. The number of carbonyl (C=O) groups excluding carboxylic acids is 1. The molecule has 4 nitrogen and oxygen atoms in total. The van der Waals surface area contributed by atoms with E-state index in [4.69, 9.17) is 11.6 Å². The first-order chi connectivity index (χ1) is 9.56. The lowest BCUT2D eigenvalue weighted by Gasteiger charge is -2.00. The van der Waals surface area contributed by atoms with Crippen molar-refractivity contribution in [3.05, 3.63) is 51.6 Å². The maximum atomic E-state index is 11.7. The van der Waals surface area contributed by atoms with Crippen LogP contribution in [0.1, 0.15) is 16.1 Å². The van der Waals surface area contributed by atoms with Gasteiger partial charge < -0.3 is 5.32 Å². The van der Waals surface area contributed by atoms with Crippen molar-refractivity contribution in [1.29, 1.82) is 0 Å². The zero-order valence-electron chi connectivity index (χ0n) is 11.1. The highest BCUT2D eigenvalue weighted by molar-refractivity contribution is 7.15. The molecule has 1 aromatic carbocycles. The zero-order chi connectivity index (χ0) is 14.5. The summed E-state index contributed by atoms with van der Waals surface area (Å²) in [7, 11) is 0. The van der Waals surface area contributed by atoms with Gasteiger partial charge in [0.15, 0.2) is 5.13 Å². The van der Waals surface area contributed by atoms with Crippen molar-refractivity contribution < 1.29 is 4.79 Å². The number of nitrogens with one attached hydrogen (secondary N) is 2. The van der Waals surface area contributed by atoms with Crippen LogP contribution in [0, 0.1) is 13.8 Å². The van der Waals surface area contributed by atoms with E-state index >= 15 is 0 Å². The van der Waals surface area contributed by atoms with Crippen LogP contribution in [-0.2, 0) is 0 Å². The van der Waals surface area contributed by atoms with Crippen LogP contribution in [0.25, 0.3) is 6.08 Å². The molecule has 0 unspecified atom stereocenters. The van der Waals surface area contributed by atoms with Gasteiger partial charge in [-0.1, -0.05) is 29.8 Å². The number of aryl methyl sites for hydroxylation is 2. The number of thiazole rings is 1. The van der Waals surface area contributed by atoms with Gasteiger partial charge in [0.05, 0.1) is 5.69 Å². The predicted molar refractivity (Wildman–Crippen MR) is 84.2 cm³/mol. The molecule has 104 valence electrons. The molecule has 2 N–H and O–H groups in total. The molecule has 0 aliphatic heterocycles. The molecular weight excluding hydrogens is 294 g/mol. The largest absolute Gasteiger partial charge is 0.325 e. The Morgan fingerprint density at radius 2 is 2.10 bits per heavy atom. The average Bonchev–Trinajstić information content (AvgIpc) is 2.70. The van der Waals surface area contributed by atoms with Crippen LogP contribution in [0.3, 0.4) is 0 Å². The smallest absolute Gasteiger partial charge is 0.314 e. The minimum absolute atomic E-state index is 0.331. The lowest BCUT2D eigenvalue weighted by molar-refractivity contribution is 0.255. The molecule has 0 radical (unpaired) electrons. The van der Waals surface area contributed by atoms with E-state index in [0.717, 1.165) is 16.1 Å². The highest BCUT2D eigenvalue weighted by Crippen LogP contribution is 2.20. The number of halogens is 1. The van der Waals surface area contributed by atoms with Crippen molar-refractivity contribution in [2.24, 2.45) is 0 Å². The van der Waals surface area contributed by atoms with Crippen molar-refractivity contribution in [2.75, 3.05) is 5.32 Å². The molecule has 2 amide bonds. The second-order valence-electron chi connectivity index (χ2n) is 4.11. The summed E-state index contributed by atoms with van der Waals surface area (Å²) in [4.78, 5) is 17.0. The molecule has 0 saturated heterocycles. The number of amides is 2. The van der Waals surface area contributed by atoms with Crippen LogP contribution in [0.5, 0.6) is 0 Å². The van der Waals surface area contributed by atoms with Crippen LogP contribution < -0.4 is 10.6 Å². The van der Waals surface area contributed by atoms with E-state index in [1.807, 2.05) is 32.0 Å². The Kier molecular flexibility index (Phi) is 4.76. The van der Waals surface area contributed by atoms with E-state index in [-0.39, 0.29) is 6.03 Å². The highest BCUT2D eigenvalue weighted by atomic mass is 35.5. The van der Waals surface area contributed by atoms with Gasteiger partial charge in [0.2, 0.25) is 0 Å². The van der Waals surface area contributed by atoms with Crippen molar-refractivity contribution in [2.45, 2.75) is 13.8 Å². The quantitative estimate of drug-likeness (QED) is 0.892. The molecule has 1 heterocycles. The zero-order valence-corrected chi connectivity index (χ0v) is 12.7. The SMILES string of the molecule is Cc1nc(NC(=O)N/C=C/c2ccccc2Cl)sc1C. The fourth-order valence-corrected chi connectivity index (χ4v) is 2.49. The van der Waals surface area contributed by atoms with Gasteiger partial charge in [-0.25, -0.2) is 9.78 Å². The number of aromatic nitrogens is 1. The third kappa shape index (κ3) is 3.82. The first kappa shape index (κ1) is 14.6. The summed E-state index contributed by atoms with van der Waals surface area (Å²) in [6.07, 6.45) is 3.28. The number of hydrogen-bond acceptors (Lipinski definition) is 3. The summed E-state index contributed by atoms with van der Waals surface area (Å²) < 4.78 is 0. The van der Waals surface area contributed by atoms with Crippen LogP contribution in [0.15, 0.2) is 30.5 Å². The number of rotatable bonds is 3. The van der Waals surface area contributed by atoms with E-state index in [9.17, 15) is 4.79 Å². The number of anilines is 1. The van der Waals surface area contributed by atoms with Gasteiger partial charge in [0.1, 0.15) is 0 Å². The maximum absolute atomic E-state index is 11.7. The number of carbonyl (C=O) groups is 1. The molecule has 0 atom stereocenters. The van der Waals surface area contributed by atoms with Crippen molar-refractivity contribution in [3.63, 3.8) is 0 Å². The topological polar surface area (TPSA) is 54.0 Å². The Labute approximate surface area is 126 Å². The fraction of sp³-hybridized carbons (Fsp3) is 0.143. The fourth-order valence-electron chi connectivity index (χ4n) is 1.48. The highest BCUT2D eigenvalue weighted by Gasteiger charge is 2.06. The van der Waals surface area contributed by atoms with Gasteiger partial charge in [-0.3, -0.25) is 5.32 Å². The Hall–Kier alpha value is -1.85. The molecule has 0 spiro atoms. The average molecular weight is 308 g/mol. The summed E-state index contributed by atoms with van der Waals surface area (Å²) >= 11 is 7.45. The van der Waals surface area contributed by atoms with Crippen LogP contribution in [-0.4, -0.2) is 11.0 Å². The van der Waals surface area contributed by atoms with E-state index in [2.05, 4.69) is 15.6 Å². The van der Waals surface area contributed by atoms with E-state index in [1.54, 1.807) is 18.3 Å². The first-order valence-electron chi connectivity index (χ1n) is 5.99. The summed E-state index contributed by atoms with van der Waals surface area (Å²) in [6.45, 7) is 3.87. The molecule has 0 aliphatic carbocycles. The molecule has 1 aromatic heterocycles. The Balaban J connectivity index is 1.91. The standard InChI is InChI=1S/C14H14ClN3OS/c1-9-10(2)20-14(17-9)18-13(19)16-8-7-11-5-3-4-6-12(11)15/h3-8H,1-2H3,(H2,16,17,18,19)/b8-7+. The Morgan fingerprint density at radius 3 is 2.75 bits per heavy atom. The normalized spacial score (nSPS) is 10.8. The maximum Gasteiger partial charge on any atom is 0.325 e. The Morgan fingerprint density at radius 1 is 1.35 bits per heavy atom.